The van der Waals surface area contributed by atoms with E-state index in [1.165, 1.54) is 25.0 Å². The lowest BCUT2D eigenvalue weighted by atomic mass is 10.1. The highest BCUT2D eigenvalue weighted by Gasteiger charge is 1.91. The average Bonchev–Trinajstić information content (AvgIpc) is 2.60. The molecule has 0 radical (unpaired) electrons. The molecule has 0 N–H and O–H groups in total. The van der Waals surface area contributed by atoms with Crippen LogP contribution in [0.4, 0.5) is 0 Å². The summed E-state index contributed by atoms with van der Waals surface area (Å²) in [5.41, 5.74) is 2.55. The normalized spacial score (nSPS) is 7.48. The van der Waals surface area contributed by atoms with E-state index in [9.17, 15) is 4.79 Å². The fraction of sp³-hybridized carbons (Fsp3) is 0.381. The van der Waals surface area contributed by atoms with Crippen LogP contribution in [0.15, 0.2) is 60.7 Å². The lowest BCUT2D eigenvalue weighted by Crippen LogP contribution is -1.73. The van der Waals surface area contributed by atoms with E-state index in [0.29, 0.717) is 0 Å². The lowest BCUT2D eigenvalue weighted by molar-refractivity contribution is -0.114. The van der Waals surface area contributed by atoms with Crippen LogP contribution in [0.2, 0.25) is 0 Å². The zero-order valence-electron chi connectivity index (χ0n) is 16.1. The number of carbonyl (C=O) groups is 1. The summed E-state index contributed by atoms with van der Waals surface area (Å²) in [7, 11) is 3.25. The molecular formula is C21H34O2. The van der Waals surface area contributed by atoms with Crippen LogP contribution in [0.5, 0.6) is 0 Å². The second kappa shape index (κ2) is 22.4. The number of rotatable bonds is 1. The second-order valence-electron chi connectivity index (χ2n) is 4.05. The van der Waals surface area contributed by atoms with Crippen LogP contribution in [0.25, 0.3) is 11.1 Å². The Kier molecular flexibility index (Phi) is 25.3. The van der Waals surface area contributed by atoms with Gasteiger partial charge in [-0.15, -0.1) is 0 Å². The highest BCUT2D eigenvalue weighted by molar-refractivity contribution is 5.72. The fourth-order valence-corrected chi connectivity index (χ4v) is 1.26. The highest BCUT2D eigenvalue weighted by atomic mass is 16.4. The van der Waals surface area contributed by atoms with Gasteiger partial charge in [-0.2, -0.15) is 0 Å². The van der Waals surface area contributed by atoms with Crippen molar-refractivity contribution in [2.24, 2.45) is 0 Å². The van der Waals surface area contributed by atoms with Gasteiger partial charge in [-0.25, -0.2) is 0 Å². The molecule has 2 rings (SSSR count). The lowest BCUT2D eigenvalue weighted by Gasteiger charge is -1.98. The number of ketones is 1. The summed E-state index contributed by atoms with van der Waals surface area (Å²) in [6.45, 7) is 11.1. The van der Waals surface area contributed by atoms with E-state index in [0.717, 1.165) is 0 Å². The van der Waals surface area contributed by atoms with E-state index in [1.807, 2.05) is 39.8 Å². The number of Topliss-reactive ketones (excluding diaryl/α,β-unsaturated/α-hetero) is 1. The standard InChI is InChI=1S/C12H10.C3H6O.C2H6O.2C2H6/c1-3-7-11(8-4-1)12-9-5-2-6-10-12;1-3(2)4;1-3-2;2*1-2/h1-10H;1-2H3;1-2H3;2*1-2H3. The van der Waals surface area contributed by atoms with Crippen LogP contribution < -0.4 is 0 Å². The molecule has 2 heteroatoms. The first-order valence-electron chi connectivity index (χ1n) is 8.09. The largest absolute Gasteiger partial charge is 0.388 e. The average molecular weight is 319 g/mol. The molecule has 2 nitrogen and oxygen atoms in total. The topological polar surface area (TPSA) is 26.3 Å². The van der Waals surface area contributed by atoms with Crippen molar-refractivity contribution in [3.63, 3.8) is 0 Å². The Morgan fingerprint density at radius 3 is 1.00 bits per heavy atom. The molecule has 2 aromatic carbocycles. The highest BCUT2D eigenvalue weighted by Crippen LogP contribution is 2.17. The van der Waals surface area contributed by atoms with Gasteiger partial charge in [-0.3, -0.25) is 0 Å². The van der Waals surface area contributed by atoms with Crippen molar-refractivity contribution in [1.82, 2.24) is 0 Å². The quantitative estimate of drug-likeness (QED) is 0.620. The van der Waals surface area contributed by atoms with Crippen molar-refractivity contribution in [3.8, 4) is 11.1 Å². The Morgan fingerprint density at radius 2 is 0.826 bits per heavy atom. The van der Waals surface area contributed by atoms with E-state index in [-0.39, 0.29) is 5.78 Å². The molecule has 0 saturated heterocycles. The first kappa shape index (κ1) is 26.0. The van der Waals surface area contributed by atoms with Gasteiger partial charge in [0.15, 0.2) is 0 Å². The van der Waals surface area contributed by atoms with Crippen molar-refractivity contribution >= 4 is 5.78 Å². The summed E-state index contributed by atoms with van der Waals surface area (Å²) < 4.78 is 4.25. The SMILES string of the molecule is CC.CC.CC(C)=O.COC.c1ccc(-c2ccccc2)cc1. The first-order valence-corrected chi connectivity index (χ1v) is 8.09. The molecule has 0 aromatic heterocycles. The van der Waals surface area contributed by atoms with E-state index < -0.39 is 0 Å². The van der Waals surface area contributed by atoms with Gasteiger partial charge < -0.3 is 9.53 Å². The molecule has 0 unspecified atom stereocenters. The Labute approximate surface area is 143 Å². The zero-order valence-corrected chi connectivity index (χ0v) is 16.1. The number of methoxy groups -OCH3 is 1. The number of ether oxygens (including phenoxy) is 1. The van der Waals surface area contributed by atoms with E-state index in [1.54, 1.807) is 14.2 Å². The van der Waals surface area contributed by atoms with Crippen molar-refractivity contribution < 1.29 is 9.53 Å². The predicted octanol–water partition coefficient (Wildman–Crippen LogP) is 6.26. The molecule has 0 aliphatic rings. The Morgan fingerprint density at radius 1 is 0.652 bits per heavy atom. The summed E-state index contributed by atoms with van der Waals surface area (Å²) in [5.74, 6) is 0.167. The summed E-state index contributed by atoms with van der Waals surface area (Å²) in [4.78, 5) is 9.44. The van der Waals surface area contributed by atoms with E-state index >= 15 is 0 Å². The number of carbonyl (C=O) groups excluding carboxylic acids is 1. The summed E-state index contributed by atoms with van der Waals surface area (Å²) in [6, 6.07) is 20.8. The molecular weight excluding hydrogens is 284 g/mol. The number of benzene rings is 2. The van der Waals surface area contributed by atoms with Crippen LogP contribution in [-0.4, -0.2) is 20.0 Å². The molecule has 0 aliphatic carbocycles. The molecule has 2 aromatic rings. The fourth-order valence-electron chi connectivity index (χ4n) is 1.26. The third-order valence-corrected chi connectivity index (χ3v) is 1.88. The molecule has 130 valence electrons. The van der Waals surface area contributed by atoms with Gasteiger partial charge in [-0.05, 0) is 25.0 Å². The maximum Gasteiger partial charge on any atom is 0.126 e. The van der Waals surface area contributed by atoms with Crippen molar-refractivity contribution in [3.05, 3.63) is 60.7 Å². The van der Waals surface area contributed by atoms with Gasteiger partial charge in [0, 0.05) is 14.2 Å². The van der Waals surface area contributed by atoms with Crippen LogP contribution >= 0.6 is 0 Å². The van der Waals surface area contributed by atoms with Crippen molar-refractivity contribution in [2.75, 3.05) is 14.2 Å². The molecule has 0 bridgehead atoms. The Bertz CT molecular complexity index is 394. The molecule has 0 aliphatic heterocycles. The first-order chi connectivity index (χ1) is 11.1. The molecule has 0 heterocycles. The monoisotopic (exact) mass is 318 g/mol. The van der Waals surface area contributed by atoms with Gasteiger partial charge in [0.2, 0.25) is 0 Å². The second-order valence-corrected chi connectivity index (χ2v) is 4.05. The Hall–Kier alpha value is -1.93. The molecule has 0 atom stereocenters. The van der Waals surface area contributed by atoms with Gasteiger partial charge in [0.05, 0.1) is 0 Å². The predicted molar refractivity (Wildman–Crippen MR) is 104 cm³/mol. The summed E-state index contributed by atoms with van der Waals surface area (Å²) in [6.07, 6.45) is 0. The maximum atomic E-state index is 9.44. The van der Waals surface area contributed by atoms with Crippen LogP contribution in [0.1, 0.15) is 41.5 Å². The van der Waals surface area contributed by atoms with Crippen LogP contribution in [0, 0.1) is 0 Å². The Balaban J connectivity index is -0.000000307. The van der Waals surface area contributed by atoms with Crippen molar-refractivity contribution in [2.45, 2.75) is 41.5 Å². The minimum Gasteiger partial charge on any atom is -0.388 e. The molecule has 0 saturated carbocycles. The summed E-state index contributed by atoms with van der Waals surface area (Å²) in [5, 5.41) is 0. The van der Waals surface area contributed by atoms with E-state index in [2.05, 4.69) is 53.3 Å². The number of hydrogen-bond acceptors (Lipinski definition) is 2. The molecule has 23 heavy (non-hydrogen) atoms. The van der Waals surface area contributed by atoms with Crippen LogP contribution in [0.3, 0.4) is 0 Å². The minimum atomic E-state index is 0.167. The van der Waals surface area contributed by atoms with Crippen molar-refractivity contribution in [1.29, 1.82) is 0 Å². The minimum absolute atomic E-state index is 0.167. The third-order valence-electron chi connectivity index (χ3n) is 1.88. The molecule has 0 fully saturated rings. The summed E-state index contributed by atoms with van der Waals surface area (Å²) >= 11 is 0. The van der Waals surface area contributed by atoms with E-state index in [4.69, 9.17) is 0 Å². The van der Waals surface area contributed by atoms with Crippen LogP contribution in [-0.2, 0) is 9.53 Å². The maximum absolute atomic E-state index is 9.44. The van der Waals surface area contributed by atoms with Gasteiger partial charge in [0.25, 0.3) is 0 Å². The van der Waals surface area contributed by atoms with Gasteiger partial charge in [-0.1, -0.05) is 88.4 Å². The zero-order chi connectivity index (χ0) is 18.5. The molecule has 0 spiro atoms. The van der Waals surface area contributed by atoms with Gasteiger partial charge in [0.1, 0.15) is 5.78 Å². The third kappa shape index (κ3) is 20.1. The number of hydrogen-bond donors (Lipinski definition) is 0. The van der Waals surface area contributed by atoms with Gasteiger partial charge >= 0.3 is 0 Å². The molecule has 0 amide bonds. The smallest absolute Gasteiger partial charge is 0.126 e.